The quantitative estimate of drug-likeness (QED) is 0.822. The van der Waals surface area contributed by atoms with Crippen LogP contribution >= 0.6 is 27.3 Å². The third-order valence-corrected chi connectivity index (χ3v) is 3.91. The number of halogens is 3. The van der Waals surface area contributed by atoms with Crippen molar-refractivity contribution in [2.75, 3.05) is 7.05 Å². The first-order valence-corrected chi connectivity index (χ1v) is 7.20. The van der Waals surface area contributed by atoms with Crippen LogP contribution in [0.5, 0.6) is 5.75 Å². The highest BCUT2D eigenvalue weighted by Gasteiger charge is 2.11. The molecule has 0 aliphatic heterocycles. The average Bonchev–Trinajstić information content (AvgIpc) is 2.80. The maximum atomic E-state index is 13.5. The van der Waals surface area contributed by atoms with Crippen molar-refractivity contribution in [3.63, 3.8) is 0 Å². The molecule has 0 saturated heterocycles. The molecule has 0 fully saturated rings. The Kier molecular flexibility index (Phi) is 4.90. The summed E-state index contributed by atoms with van der Waals surface area (Å²) < 4.78 is 32.4. The van der Waals surface area contributed by atoms with E-state index in [9.17, 15) is 8.78 Å². The Balaban J connectivity index is 2.05. The van der Waals surface area contributed by atoms with Gasteiger partial charge in [-0.25, -0.2) is 4.39 Å². The summed E-state index contributed by atoms with van der Waals surface area (Å²) in [7, 11) is 1.87. The molecule has 1 heterocycles. The molecule has 0 radical (unpaired) electrons. The Labute approximate surface area is 122 Å². The van der Waals surface area contributed by atoms with Crippen LogP contribution in [0, 0.1) is 11.6 Å². The molecule has 0 aliphatic rings. The molecule has 2 rings (SSSR count). The molecule has 19 heavy (non-hydrogen) atoms. The van der Waals surface area contributed by atoms with Crippen LogP contribution in [0.3, 0.4) is 0 Å². The van der Waals surface area contributed by atoms with E-state index in [0.29, 0.717) is 4.47 Å². The molecule has 0 saturated carbocycles. The number of ether oxygens (including phenoxy) is 1. The fourth-order valence-electron chi connectivity index (χ4n) is 1.56. The first kappa shape index (κ1) is 14.4. The number of hydrogen-bond donors (Lipinski definition) is 1. The largest absolute Gasteiger partial charge is 0.485 e. The maximum absolute atomic E-state index is 13.5. The highest BCUT2D eigenvalue weighted by atomic mass is 79.9. The van der Waals surface area contributed by atoms with E-state index in [-0.39, 0.29) is 12.4 Å². The minimum Gasteiger partial charge on any atom is -0.485 e. The standard InChI is InChI=1S/C13H12BrF2NOS/c1-17-6-9-2-3-10(19-9)7-18-12-5-8(14)4-11(15)13(12)16/h2-5,17H,6-7H2,1H3. The van der Waals surface area contributed by atoms with Crippen LogP contribution < -0.4 is 10.1 Å². The number of nitrogens with one attached hydrogen (secondary N) is 1. The van der Waals surface area contributed by atoms with Crippen LogP contribution in [0.4, 0.5) is 8.78 Å². The molecule has 2 aromatic rings. The molecular formula is C13H12BrF2NOS. The van der Waals surface area contributed by atoms with Crippen molar-refractivity contribution >= 4 is 27.3 Å². The highest BCUT2D eigenvalue weighted by Crippen LogP contribution is 2.27. The summed E-state index contributed by atoms with van der Waals surface area (Å²) in [6.07, 6.45) is 0. The van der Waals surface area contributed by atoms with Gasteiger partial charge in [0.05, 0.1) is 0 Å². The zero-order valence-corrected chi connectivity index (χ0v) is 12.6. The molecule has 0 spiro atoms. The van der Waals surface area contributed by atoms with Gasteiger partial charge in [0.15, 0.2) is 11.6 Å². The lowest BCUT2D eigenvalue weighted by atomic mass is 10.3. The zero-order valence-electron chi connectivity index (χ0n) is 10.2. The van der Waals surface area contributed by atoms with Gasteiger partial charge in [-0.3, -0.25) is 0 Å². The van der Waals surface area contributed by atoms with Crippen molar-refractivity contribution in [3.8, 4) is 5.75 Å². The second kappa shape index (κ2) is 6.45. The molecule has 1 aromatic heterocycles. The van der Waals surface area contributed by atoms with Gasteiger partial charge >= 0.3 is 0 Å². The van der Waals surface area contributed by atoms with Crippen LogP contribution in [0.1, 0.15) is 9.75 Å². The van der Waals surface area contributed by atoms with E-state index in [1.165, 1.54) is 10.9 Å². The minimum absolute atomic E-state index is 0.0876. The molecule has 0 unspecified atom stereocenters. The van der Waals surface area contributed by atoms with E-state index in [2.05, 4.69) is 21.2 Å². The lowest BCUT2D eigenvalue weighted by Gasteiger charge is -2.07. The van der Waals surface area contributed by atoms with Crippen molar-refractivity contribution < 1.29 is 13.5 Å². The van der Waals surface area contributed by atoms with Gasteiger partial charge in [-0.15, -0.1) is 11.3 Å². The first-order valence-electron chi connectivity index (χ1n) is 5.59. The monoisotopic (exact) mass is 347 g/mol. The maximum Gasteiger partial charge on any atom is 0.200 e. The van der Waals surface area contributed by atoms with Crippen LogP contribution in [0.15, 0.2) is 28.7 Å². The van der Waals surface area contributed by atoms with Crippen LogP contribution in [-0.4, -0.2) is 7.05 Å². The van der Waals surface area contributed by atoms with Crippen LogP contribution in [0.2, 0.25) is 0 Å². The molecule has 0 amide bonds. The number of benzene rings is 1. The molecule has 0 aliphatic carbocycles. The Bertz CT molecular complexity index is 574. The number of thiophene rings is 1. The molecule has 6 heteroatoms. The topological polar surface area (TPSA) is 21.3 Å². The van der Waals surface area contributed by atoms with Gasteiger partial charge in [0.1, 0.15) is 6.61 Å². The molecule has 1 N–H and O–H groups in total. The Morgan fingerprint density at radius 1 is 1.26 bits per heavy atom. The number of rotatable bonds is 5. The molecular weight excluding hydrogens is 336 g/mol. The third kappa shape index (κ3) is 3.75. The number of hydrogen-bond acceptors (Lipinski definition) is 3. The summed E-state index contributed by atoms with van der Waals surface area (Å²) in [5.74, 6) is -1.97. The van der Waals surface area contributed by atoms with E-state index in [1.54, 1.807) is 11.3 Å². The molecule has 102 valence electrons. The molecule has 2 nitrogen and oxygen atoms in total. The van der Waals surface area contributed by atoms with Crippen molar-refractivity contribution in [2.45, 2.75) is 13.2 Å². The zero-order chi connectivity index (χ0) is 13.8. The van der Waals surface area contributed by atoms with Gasteiger partial charge in [-0.1, -0.05) is 15.9 Å². The van der Waals surface area contributed by atoms with Crippen LogP contribution in [0.25, 0.3) is 0 Å². The van der Waals surface area contributed by atoms with Gasteiger partial charge in [0.2, 0.25) is 5.82 Å². The Hall–Kier alpha value is -0.980. The van der Waals surface area contributed by atoms with Gasteiger partial charge in [0.25, 0.3) is 0 Å². The van der Waals surface area contributed by atoms with E-state index in [0.717, 1.165) is 17.5 Å². The predicted octanol–water partition coefficient (Wildman–Crippen LogP) is 4.09. The summed E-state index contributed by atoms with van der Waals surface area (Å²) in [6.45, 7) is 1.01. The SMILES string of the molecule is CNCc1ccc(COc2cc(Br)cc(F)c2F)s1. The second-order valence-electron chi connectivity index (χ2n) is 3.89. The lowest BCUT2D eigenvalue weighted by Crippen LogP contribution is -2.02. The van der Waals surface area contributed by atoms with Crippen molar-refractivity contribution in [1.29, 1.82) is 0 Å². The summed E-state index contributed by atoms with van der Waals surface area (Å²) in [5.41, 5.74) is 0. The minimum atomic E-state index is -0.963. The summed E-state index contributed by atoms with van der Waals surface area (Å²) >= 11 is 4.68. The van der Waals surface area contributed by atoms with Crippen LogP contribution in [-0.2, 0) is 13.2 Å². The Morgan fingerprint density at radius 2 is 2.00 bits per heavy atom. The molecule has 0 bridgehead atoms. The molecule has 0 atom stereocenters. The lowest BCUT2D eigenvalue weighted by molar-refractivity contribution is 0.287. The Morgan fingerprint density at radius 3 is 2.74 bits per heavy atom. The van der Waals surface area contributed by atoms with Crippen molar-refractivity contribution in [3.05, 3.63) is 50.1 Å². The average molecular weight is 348 g/mol. The van der Waals surface area contributed by atoms with Gasteiger partial charge in [-0.2, -0.15) is 4.39 Å². The fraction of sp³-hybridized carbons (Fsp3) is 0.231. The second-order valence-corrected chi connectivity index (χ2v) is 6.06. The predicted molar refractivity (Wildman–Crippen MR) is 75.5 cm³/mol. The summed E-state index contributed by atoms with van der Waals surface area (Å²) in [4.78, 5) is 2.13. The van der Waals surface area contributed by atoms with Gasteiger partial charge in [0, 0.05) is 20.8 Å². The summed E-state index contributed by atoms with van der Waals surface area (Å²) in [6, 6.07) is 6.39. The van der Waals surface area contributed by atoms with Gasteiger partial charge < -0.3 is 10.1 Å². The molecule has 1 aromatic carbocycles. The van der Waals surface area contributed by atoms with Crippen molar-refractivity contribution in [1.82, 2.24) is 5.32 Å². The fourth-order valence-corrected chi connectivity index (χ4v) is 2.91. The van der Waals surface area contributed by atoms with E-state index < -0.39 is 11.6 Å². The normalized spacial score (nSPS) is 10.7. The first-order chi connectivity index (χ1) is 9.10. The van der Waals surface area contributed by atoms with E-state index in [1.807, 2.05) is 19.2 Å². The highest BCUT2D eigenvalue weighted by molar-refractivity contribution is 9.10. The van der Waals surface area contributed by atoms with E-state index in [4.69, 9.17) is 4.74 Å². The smallest absolute Gasteiger partial charge is 0.200 e. The summed E-state index contributed by atoms with van der Waals surface area (Å²) in [5, 5.41) is 3.05. The third-order valence-electron chi connectivity index (χ3n) is 2.40. The van der Waals surface area contributed by atoms with Crippen molar-refractivity contribution in [2.24, 2.45) is 0 Å². The van der Waals surface area contributed by atoms with E-state index >= 15 is 0 Å². The van der Waals surface area contributed by atoms with Gasteiger partial charge in [-0.05, 0) is 31.3 Å².